The minimum Gasteiger partial charge on any atom is -0.481 e. The van der Waals surface area contributed by atoms with E-state index in [0.29, 0.717) is 19.4 Å². The number of hydrogen-bond donors (Lipinski definition) is 1. The van der Waals surface area contributed by atoms with E-state index < -0.39 is 23.5 Å². The predicted molar refractivity (Wildman–Crippen MR) is 85.3 cm³/mol. The number of esters is 2. The van der Waals surface area contributed by atoms with Gasteiger partial charge in [0, 0.05) is 12.5 Å². The molecule has 7 heteroatoms. The van der Waals surface area contributed by atoms with Crippen LogP contribution in [-0.2, 0) is 28.6 Å². The monoisotopic (exact) mass is 342 g/mol. The molecular weight excluding hydrogens is 316 g/mol. The van der Waals surface area contributed by atoms with Crippen molar-refractivity contribution >= 4 is 17.9 Å². The molecule has 0 bridgehead atoms. The first-order chi connectivity index (χ1) is 11.4. The summed E-state index contributed by atoms with van der Waals surface area (Å²) in [5.41, 5.74) is -1.47. The lowest BCUT2D eigenvalue weighted by Crippen LogP contribution is -2.45. The highest BCUT2D eigenvalue weighted by molar-refractivity contribution is 5.87. The average Bonchev–Trinajstić information content (AvgIpc) is 3.36. The number of ether oxygens (including phenoxy) is 3. The normalized spacial score (nSPS) is 18.3. The second-order valence-electron chi connectivity index (χ2n) is 5.88. The predicted octanol–water partition coefficient (Wildman–Crippen LogP) is 2.23. The molecule has 1 fully saturated rings. The average molecular weight is 342 g/mol. The van der Waals surface area contributed by atoms with Gasteiger partial charge in [-0.15, -0.1) is 0 Å². The number of carbonyl (C=O) groups excluding carboxylic acids is 2. The molecule has 1 saturated heterocycles. The summed E-state index contributed by atoms with van der Waals surface area (Å²) in [5.74, 6) is -2.33. The molecule has 24 heavy (non-hydrogen) atoms. The van der Waals surface area contributed by atoms with Crippen LogP contribution in [0.4, 0.5) is 0 Å². The fourth-order valence-corrected chi connectivity index (χ4v) is 2.36. The number of hydrogen-bond acceptors (Lipinski definition) is 6. The lowest BCUT2D eigenvalue weighted by molar-refractivity contribution is -0.182. The van der Waals surface area contributed by atoms with Crippen molar-refractivity contribution in [2.75, 3.05) is 13.2 Å². The summed E-state index contributed by atoms with van der Waals surface area (Å²) in [6.07, 6.45) is 3.86. The van der Waals surface area contributed by atoms with E-state index in [-0.39, 0.29) is 32.0 Å². The van der Waals surface area contributed by atoms with Crippen LogP contribution in [-0.4, -0.2) is 47.9 Å². The maximum Gasteiger partial charge on any atom is 0.350 e. The van der Waals surface area contributed by atoms with Gasteiger partial charge in [-0.2, -0.15) is 0 Å². The second kappa shape index (κ2) is 10.1. The van der Waals surface area contributed by atoms with Gasteiger partial charge in [0.05, 0.1) is 6.61 Å². The van der Waals surface area contributed by atoms with Crippen molar-refractivity contribution < 1.29 is 33.7 Å². The summed E-state index contributed by atoms with van der Waals surface area (Å²) in [6, 6.07) is 0. The van der Waals surface area contributed by atoms with E-state index in [9.17, 15) is 14.4 Å². The highest BCUT2D eigenvalue weighted by atomic mass is 16.6. The van der Waals surface area contributed by atoms with Crippen molar-refractivity contribution in [3.63, 3.8) is 0 Å². The van der Waals surface area contributed by atoms with Gasteiger partial charge in [-0.3, -0.25) is 4.79 Å². The molecule has 0 aromatic rings. The van der Waals surface area contributed by atoms with Gasteiger partial charge in [0.25, 0.3) is 0 Å². The third-order valence-corrected chi connectivity index (χ3v) is 3.79. The largest absolute Gasteiger partial charge is 0.481 e. The van der Waals surface area contributed by atoms with E-state index >= 15 is 0 Å². The Labute approximate surface area is 142 Å². The summed E-state index contributed by atoms with van der Waals surface area (Å²) in [5, 5.41) is 8.82. The number of carboxylic acid groups (broad SMARTS) is 1. The van der Waals surface area contributed by atoms with E-state index in [1.165, 1.54) is 0 Å². The first-order valence-electron chi connectivity index (χ1n) is 8.29. The van der Waals surface area contributed by atoms with E-state index in [2.05, 4.69) is 6.58 Å². The van der Waals surface area contributed by atoms with E-state index in [4.69, 9.17) is 19.3 Å². The van der Waals surface area contributed by atoms with Crippen LogP contribution < -0.4 is 0 Å². The van der Waals surface area contributed by atoms with Crippen molar-refractivity contribution in [3.8, 4) is 0 Å². The quantitative estimate of drug-likeness (QED) is 0.237. The van der Waals surface area contributed by atoms with Gasteiger partial charge in [0.15, 0.2) is 0 Å². The lowest BCUT2D eigenvalue weighted by atomic mass is 9.90. The van der Waals surface area contributed by atoms with Crippen LogP contribution in [0.1, 0.15) is 51.9 Å². The molecule has 1 aliphatic rings. The summed E-state index contributed by atoms with van der Waals surface area (Å²) in [7, 11) is 0. The van der Waals surface area contributed by atoms with Crippen molar-refractivity contribution in [3.05, 3.63) is 12.7 Å². The molecular formula is C17H26O7. The molecule has 0 amide bonds. The van der Waals surface area contributed by atoms with E-state index in [0.717, 1.165) is 18.9 Å². The minimum absolute atomic E-state index is 0.101. The molecule has 0 aliphatic carbocycles. The molecule has 1 aliphatic heterocycles. The molecule has 2 atom stereocenters. The van der Waals surface area contributed by atoms with Gasteiger partial charge in [0.1, 0.15) is 12.7 Å². The highest BCUT2D eigenvalue weighted by Crippen LogP contribution is 2.29. The number of rotatable bonds is 13. The Balaban J connectivity index is 2.83. The number of carbonyl (C=O) groups is 3. The van der Waals surface area contributed by atoms with Gasteiger partial charge < -0.3 is 19.3 Å². The second-order valence-corrected chi connectivity index (χ2v) is 5.88. The molecule has 1 N–H and O–H groups in total. The topological polar surface area (TPSA) is 102 Å². The molecule has 0 aromatic heterocycles. The van der Waals surface area contributed by atoms with Gasteiger partial charge in [-0.1, -0.05) is 26.3 Å². The Hall–Kier alpha value is -1.89. The number of epoxide rings is 1. The third-order valence-electron chi connectivity index (χ3n) is 3.79. The molecule has 1 heterocycles. The number of carboxylic acids is 1. The van der Waals surface area contributed by atoms with Crippen LogP contribution in [0.25, 0.3) is 0 Å². The first-order valence-corrected chi connectivity index (χ1v) is 8.29. The molecule has 7 nitrogen and oxygen atoms in total. The standard InChI is InChI=1S/C17H26O7/c1-3-5-6-9-17(24-15(20)4-2,10-7-8-14(18)19)16(21)23-12-13-11-22-13/h4,13H,2-3,5-12H2,1H3,(H,18,19). The Kier molecular flexibility index (Phi) is 8.46. The maximum absolute atomic E-state index is 12.6. The first kappa shape index (κ1) is 20.2. The Bertz CT molecular complexity index is 456. The van der Waals surface area contributed by atoms with Gasteiger partial charge >= 0.3 is 17.9 Å². The van der Waals surface area contributed by atoms with E-state index in [1.807, 2.05) is 6.92 Å². The van der Waals surface area contributed by atoms with Gasteiger partial charge in [-0.05, 0) is 25.7 Å². The van der Waals surface area contributed by atoms with Crippen molar-refractivity contribution in [2.45, 2.75) is 63.6 Å². The third kappa shape index (κ3) is 7.12. The smallest absolute Gasteiger partial charge is 0.350 e. The summed E-state index contributed by atoms with van der Waals surface area (Å²) in [6.45, 7) is 6.02. The SMILES string of the molecule is C=CC(=O)OC(CCCCC)(CCCC(=O)O)C(=O)OCC1CO1. The van der Waals surface area contributed by atoms with Crippen LogP contribution in [0.3, 0.4) is 0 Å². The van der Waals surface area contributed by atoms with Crippen LogP contribution >= 0.6 is 0 Å². The van der Waals surface area contributed by atoms with Crippen LogP contribution in [0.15, 0.2) is 12.7 Å². The van der Waals surface area contributed by atoms with Gasteiger partial charge in [-0.25, -0.2) is 9.59 Å². The number of aliphatic carboxylic acids is 1. The van der Waals surface area contributed by atoms with Crippen molar-refractivity contribution in [1.29, 1.82) is 0 Å². The maximum atomic E-state index is 12.6. The highest BCUT2D eigenvalue weighted by Gasteiger charge is 2.43. The fraction of sp³-hybridized carbons (Fsp3) is 0.706. The van der Waals surface area contributed by atoms with Crippen LogP contribution in [0.5, 0.6) is 0 Å². The molecule has 2 unspecified atom stereocenters. The zero-order chi connectivity index (χ0) is 18.0. The molecule has 0 aromatic carbocycles. The molecule has 1 rings (SSSR count). The Morgan fingerprint density at radius 3 is 2.50 bits per heavy atom. The zero-order valence-corrected chi connectivity index (χ0v) is 14.1. The summed E-state index contributed by atoms with van der Waals surface area (Å²) >= 11 is 0. The fourth-order valence-electron chi connectivity index (χ4n) is 2.36. The van der Waals surface area contributed by atoms with Crippen molar-refractivity contribution in [2.24, 2.45) is 0 Å². The van der Waals surface area contributed by atoms with Crippen LogP contribution in [0.2, 0.25) is 0 Å². The lowest BCUT2D eigenvalue weighted by Gasteiger charge is -2.31. The number of unbranched alkanes of at least 4 members (excludes halogenated alkanes) is 2. The van der Waals surface area contributed by atoms with Crippen LogP contribution in [0, 0.1) is 0 Å². The molecule has 0 radical (unpaired) electrons. The Morgan fingerprint density at radius 1 is 1.29 bits per heavy atom. The zero-order valence-electron chi connectivity index (χ0n) is 14.1. The summed E-state index contributed by atoms with van der Waals surface area (Å²) < 4.78 is 15.6. The van der Waals surface area contributed by atoms with Crippen molar-refractivity contribution in [1.82, 2.24) is 0 Å². The summed E-state index contributed by atoms with van der Waals surface area (Å²) in [4.78, 5) is 35.1. The molecule has 136 valence electrons. The van der Waals surface area contributed by atoms with Gasteiger partial charge in [0.2, 0.25) is 5.60 Å². The molecule has 0 saturated carbocycles. The molecule has 0 spiro atoms. The Morgan fingerprint density at radius 2 is 1.96 bits per heavy atom. The van der Waals surface area contributed by atoms with E-state index in [1.54, 1.807) is 0 Å². The minimum atomic E-state index is -1.47.